The van der Waals surface area contributed by atoms with Crippen molar-refractivity contribution in [2.75, 3.05) is 18.5 Å². The van der Waals surface area contributed by atoms with Crippen molar-refractivity contribution in [3.8, 4) is 0 Å². The Morgan fingerprint density at radius 3 is 2.90 bits per heavy atom. The third-order valence-electron chi connectivity index (χ3n) is 4.53. The number of fused-ring (bicyclic) bond motifs is 1. The maximum absolute atomic E-state index is 13.2. The van der Waals surface area contributed by atoms with Gasteiger partial charge in [0, 0.05) is 12.7 Å². The summed E-state index contributed by atoms with van der Waals surface area (Å²) >= 11 is 6.47. The van der Waals surface area contributed by atoms with Crippen LogP contribution in [-0.4, -0.2) is 42.8 Å². The summed E-state index contributed by atoms with van der Waals surface area (Å²) in [7, 11) is 0. The van der Waals surface area contributed by atoms with E-state index in [1.54, 1.807) is 24.4 Å². The average molecular weight is 443 g/mol. The van der Waals surface area contributed by atoms with Gasteiger partial charge >= 0.3 is 0 Å². The highest BCUT2D eigenvalue weighted by atomic mass is 32.2. The molecule has 2 N–H and O–H groups in total. The van der Waals surface area contributed by atoms with Crippen LogP contribution in [0.4, 0.5) is 5.82 Å². The first-order chi connectivity index (χ1) is 14.5. The van der Waals surface area contributed by atoms with Crippen LogP contribution < -0.4 is 10.9 Å². The molecule has 154 valence electrons. The van der Waals surface area contributed by atoms with E-state index in [-0.39, 0.29) is 36.7 Å². The standard InChI is InChI=1S/C20H18N4O4S2/c1-12-4-2-7-23-17(12)22-16(21-6-8-25)14(18(23)26)10-15-19(27)24(20(29)30-15)11-13-5-3-9-28-13/h2-5,7,9-10,21,25H,6,8,11H2,1H3/b15-10-. The van der Waals surface area contributed by atoms with E-state index in [1.807, 2.05) is 13.0 Å². The van der Waals surface area contributed by atoms with Crippen LogP contribution in [0.5, 0.6) is 0 Å². The number of nitrogens with zero attached hydrogens (tertiary/aromatic N) is 3. The van der Waals surface area contributed by atoms with Crippen molar-refractivity contribution in [1.29, 1.82) is 0 Å². The van der Waals surface area contributed by atoms with E-state index in [0.717, 1.165) is 17.3 Å². The second kappa shape index (κ2) is 8.42. The molecule has 0 bridgehead atoms. The van der Waals surface area contributed by atoms with Crippen LogP contribution in [0.1, 0.15) is 16.9 Å². The number of aliphatic hydroxyl groups excluding tert-OH is 1. The molecular formula is C20H18N4O4S2. The minimum Gasteiger partial charge on any atom is -0.467 e. The number of hydrogen-bond acceptors (Lipinski definition) is 8. The summed E-state index contributed by atoms with van der Waals surface area (Å²) < 4.78 is 7.13. The van der Waals surface area contributed by atoms with Crippen molar-refractivity contribution >= 4 is 51.7 Å². The van der Waals surface area contributed by atoms with Crippen LogP contribution >= 0.6 is 24.0 Å². The Balaban J connectivity index is 1.77. The monoisotopic (exact) mass is 442 g/mol. The smallest absolute Gasteiger partial charge is 0.267 e. The summed E-state index contributed by atoms with van der Waals surface area (Å²) in [6, 6.07) is 7.13. The van der Waals surface area contributed by atoms with Gasteiger partial charge in [0.25, 0.3) is 11.5 Å². The third-order valence-corrected chi connectivity index (χ3v) is 5.91. The molecule has 10 heteroatoms. The Morgan fingerprint density at radius 2 is 2.17 bits per heavy atom. The Bertz CT molecular complexity index is 1220. The Morgan fingerprint density at radius 1 is 1.33 bits per heavy atom. The lowest BCUT2D eigenvalue weighted by Gasteiger charge is -2.12. The van der Waals surface area contributed by atoms with Crippen molar-refractivity contribution in [2.24, 2.45) is 0 Å². The highest BCUT2D eigenvalue weighted by Gasteiger charge is 2.33. The van der Waals surface area contributed by atoms with Gasteiger partial charge in [0.05, 0.1) is 29.9 Å². The maximum Gasteiger partial charge on any atom is 0.267 e. The number of nitrogens with one attached hydrogen (secondary N) is 1. The highest BCUT2D eigenvalue weighted by molar-refractivity contribution is 8.26. The third kappa shape index (κ3) is 3.76. The summed E-state index contributed by atoms with van der Waals surface area (Å²) in [4.78, 5) is 32.4. The number of aryl methyl sites for hydroxylation is 1. The molecule has 1 saturated heterocycles. The number of aliphatic hydroxyl groups is 1. The fourth-order valence-electron chi connectivity index (χ4n) is 3.08. The fraction of sp³-hybridized carbons (Fsp3) is 0.200. The van der Waals surface area contributed by atoms with E-state index in [0.29, 0.717) is 26.5 Å². The van der Waals surface area contributed by atoms with Gasteiger partial charge in [-0.1, -0.05) is 30.0 Å². The predicted molar refractivity (Wildman–Crippen MR) is 119 cm³/mol. The van der Waals surface area contributed by atoms with Crippen molar-refractivity contribution in [1.82, 2.24) is 14.3 Å². The first-order valence-electron chi connectivity index (χ1n) is 9.14. The summed E-state index contributed by atoms with van der Waals surface area (Å²) in [5.41, 5.74) is 1.24. The van der Waals surface area contributed by atoms with Crippen LogP contribution in [0.2, 0.25) is 0 Å². The number of pyridine rings is 1. The van der Waals surface area contributed by atoms with Gasteiger partial charge in [-0.25, -0.2) is 4.98 Å². The van der Waals surface area contributed by atoms with E-state index in [2.05, 4.69) is 10.3 Å². The highest BCUT2D eigenvalue weighted by Crippen LogP contribution is 2.34. The van der Waals surface area contributed by atoms with Gasteiger partial charge in [-0.2, -0.15) is 0 Å². The first kappa shape index (κ1) is 20.3. The summed E-state index contributed by atoms with van der Waals surface area (Å²) in [5, 5.41) is 12.2. The van der Waals surface area contributed by atoms with Crippen LogP contribution in [-0.2, 0) is 11.3 Å². The number of carbonyl (C=O) groups excluding carboxylic acids is 1. The molecule has 1 amide bonds. The Hall–Kier alpha value is -2.95. The SMILES string of the molecule is Cc1cccn2c(=O)c(/C=C3\SC(=S)N(Cc4ccco4)C3=O)c(NCCO)nc12. The van der Waals surface area contributed by atoms with Gasteiger partial charge in [0.15, 0.2) is 0 Å². The maximum atomic E-state index is 13.2. The van der Waals surface area contributed by atoms with Crippen LogP contribution in [0, 0.1) is 6.92 Å². The number of thioether (sulfide) groups is 1. The summed E-state index contributed by atoms with van der Waals surface area (Å²) in [6.45, 7) is 2.17. The quantitative estimate of drug-likeness (QED) is 0.443. The summed E-state index contributed by atoms with van der Waals surface area (Å²) in [5.74, 6) is 0.615. The molecule has 3 aromatic heterocycles. The molecular weight excluding hydrogens is 424 g/mol. The Kier molecular flexibility index (Phi) is 5.71. The number of rotatable bonds is 6. The van der Waals surface area contributed by atoms with Crippen LogP contribution in [0.15, 0.2) is 50.8 Å². The normalized spacial score (nSPS) is 15.5. The van der Waals surface area contributed by atoms with Crippen molar-refractivity contribution in [3.05, 3.63) is 68.9 Å². The van der Waals surface area contributed by atoms with Crippen molar-refractivity contribution in [2.45, 2.75) is 13.5 Å². The van der Waals surface area contributed by atoms with Gasteiger partial charge in [-0.3, -0.25) is 18.9 Å². The molecule has 0 spiro atoms. The van der Waals surface area contributed by atoms with E-state index >= 15 is 0 Å². The zero-order chi connectivity index (χ0) is 21.3. The lowest BCUT2D eigenvalue weighted by Crippen LogP contribution is -2.27. The van der Waals surface area contributed by atoms with Gasteiger partial charge in [0.1, 0.15) is 21.5 Å². The number of anilines is 1. The lowest BCUT2D eigenvalue weighted by molar-refractivity contribution is -0.122. The second-order valence-electron chi connectivity index (χ2n) is 6.56. The van der Waals surface area contributed by atoms with Gasteiger partial charge in [-0.15, -0.1) is 0 Å². The van der Waals surface area contributed by atoms with E-state index in [4.69, 9.17) is 16.6 Å². The molecule has 1 aliphatic heterocycles. The molecule has 30 heavy (non-hydrogen) atoms. The van der Waals surface area contributed by atoms with Crippen LogP contribution in [0.3, 0.4) is 0 Å². The largest absolute Gasteiger partial charge is 0.467 e. The number of thiocarbonyl (C=S) groups is 1. The molecule has 0 radical (unpaired) electrons. The molecule has 1 aliphatic rings. The zero-order valence-electron chi connectivity index (χ0n) is 16.0. The minimum absolute atomic E-state index is 0.125. The van der Waals surface area contributed by atoms with E-state index in [9.17, 15) is 14.7 Å². The number of aromatic nitrogens is 2. The Labute approximate surface area is 181 Å². The number of furan rings is 1. The van der Waals surface area contributed by atoms with Crippen LogP contribution in [0.25, 0.3) is 11.7 Å². The molecule has 0 aliphatic carbocycles. The predicted octanol–water partition coefficient (Wildman–Crippen LogP) is 2.40. The zero-order valence-corrected chi connectivity index (χ0v) is 17.6. The molecule has 0 atom stereocenters. The summed E-state index contributed by atoms with van der Waals surface area (Å²) in [6.07, 6.45) is 4.67. The van der Waals surface area contributed by atoms with Crippen molar-refractivity contribution in [3.63, 3.8) is 0 Å². The topological polar surface area (TPSA) is 100 Å². The number of amides is 1. The number of hydrogen-bond donors (Lipinski definition) is 2. The molecule has 3 aromatic rings. The lowest BCUT2D eigenvalue weighted by atomic mass is 10.2. The van der Waals surface area contributed by atoms with Gasteiger partial charge < -0.3 is 14.8 Å². The van der Waals surface area contributed by atoms with Gasteiger partial charge in [0.2, 0.25) is 0 Å². The van der Waals surface area contributed by atoms with E-state index in [1.165, 1.54) is 21.6 Å². The second-order valence-corrected chi connectivity index (χ2v) is 8.24. The van der Waals surface area contributed by atoms with Gasteiger partial charge in [-0.05, 0) is 36.8 Å². The molecule has 1 fully saturated rings. The van der Waals surface area contributed by atoms with E-state index < -0.39 is 0 Å². The molecule has 0 unspecified atom stereocenters. The molecule has 4 heterocycles. The average Bonchev–Trinajstić information content (AvgIpc) is 3.33. The first-order valence-corrected chi connectivity index (χ1v) is 10.4. The van der Waals surface area contributed by atoms with Crippen molar-refractivity contribution < 1.29 is 14.3 Å². The molecule has 4 rings (SSSR count). The molecule has 8 nitrogen and oxygen atoms in total. The fourth-order valence-corrected chi connectivity index (χ4v) is 4.31. The minimum atomic E-state index is -0.319. The molecule has 0 saturated carbocycles. The number of carbonyl (C=O) groups is 1. The molecule has 0 aromatic carbocycles.